The highest BCUT2D eigenvalue weighted by Gasteiger charge is 2.23. The van der Waals surface area contributed by atoms with E-state index in [-0.39, 0.29) is 18.0 Å². The molecule has 1 saturated heterocycles. The minimum atomic E-state index is -0.279. The summed E-state index contributed by atoms with van der Waals surface area (Å²) in [5.41, 5.74) is 0.299. The third kappa shape index (κ3) is 4.54. The highest BCUT2D eigenvalue weighted by molar-refractivity contribution is 5.92. The quantitative estimate of drug-likeness (QED) is 0.886. The summed E-state index contributed by atoms with van der Waals surface area (Å²) < 4.78 is 4.99. The molecule has 1 aromatic heterocycles. The minimum absolute atomic E-state index is 0.0555. The number of hydrogen-bond acceptors (Lipinski definition) is 6. The lowest BCUT2D eigenvalue weighted by Gasteiger charge is -2.34. The van der Waals surface area contributed by atoms with Gasteiger partial charge in [0.1, 0.15) is 0 Å². The molecule has 1 fully saturated rings. The Balaban J connectivity index is 1.91. The average Bonchev–Trinajstić information content (AvgIpc) is 2.55. The monoisotopic (exact) mass is 321 g/mol. The summed E-state index contributed by atoms with van der Waals surface area (Å²) in [4.78, 5) is 27.2. The van der Waals surface area contributed by atoms with Gasteiger partial charge in [0.15, 0.2) is 11.5 Å². The van der Waals surface area contributed by atoms with Gasteiger partial charge in [0.2, 0.25) is 0 Å². The van der Waals surface area contributed by atoms with Gasteiger partial charge in [-0.3, -0.25) is 4.79 Å². The van der Waals surface area contributed by atoms with Gasteiger partial charge in [-0.2, -0.15) is 0 Å². The Morgan fingerprint density at radius 1 is 1.22 bits per heavy atom. The molecule has 0 saturated carbocycles. The van der Waals surface area contributed by atoms with Crippen LogP contribution in [-0.4, -0.2) is 65.9 Å². The summed E-state index contributed by atoms with van der Waals surface area (Å²) in [5, 5.41) is 10.9. The van der Waals surface area contributed by atoms with Gasteiger partial charge in [-0.1, -0.05) is 0 Å². The fourth-order valence-electron chi connectivity index (χ4n) is 2.28. The Bertz CT molecular complexity index is 539. The van der Waals surface area contributed by atoms with Gasteiger partial charge in [0.25, 0.3) is 5.91 Å². The molecule has 1 aliphatic rings. The fourth-order valence-corrected chi connectivity index (χ4v) is 2.28. The van der Waals surface area contributed by atoms with Crippen LogP contribution in [0.2, 0.25) is 0 Å². The van der Waals surface area contributed by atoms with Crippen LogP contribution in [-0.2, 0) is 4.74 Å². The zero-order valence-corrected chi connectivity index (χ0v) is 13.8. The van der Waals surface area contributed by atoms with Crippen molar-refractivity contribution in [2.75, 3.05) is 37.7 Å². The van der Waals surface area contributed by atoms with Gasteiger partial charge >= 0.3 is 6.09 Å². The number of carbonyl (C=O) groups is 2. The maximum atomic E-state index is 11.8. The summed E-state index contributed by atoms with van der Waals surface area (Å²) >= 11 is 0. The van der Waals surface area contributed by atoms with Crippen molar-refractivity contribution < 1.29 is 14.3 Å². The lowest BCUT2D eigenvalue weighted by molar-refractivity contribution is 0.0936. The summed E-state index contributed by atoms with van der Waals surface area (Å²) in [7, 11) is 0. The number of piperazine rings is 1. The van der Waals surface area contributed by atoms with Crippen LogP contribution in [0.1, 0.15) is 31.3 Å². The standard InChI is InChI=1S/C15H23N5O3/c1-4-23-15(22)20-9-7-19(8-10-20)13-6-5-12(17-18-13)14(21)16-11(2)3/h5-6,11H,4,7-10H2,1-3H3,(H,16,21). The maximum Gasteiger partial charge on any atom is 0.409 e. The van der Waals surface area contributed by atoms with Gasteiger partial charge in [-0.15, -0.1) is 10.2 Å². The normalized spacial score (nSPS) is 14.8. The van der Waals surface area contributed by atoms with Crippen molar-refractivity contribution in [1.29, 1.82) is 0 Å². The Labute approximate surface area is 135 Å². The molecule has 8 heteroatoms. The van der Waals surface area contributed by atoms with Crippen LogP contribution >= 0.6 is 0 Å². The van der Waals surface area contributed by atoms with Crippen molar-refractivity contribution in [1.82, 2.24) is 20.4 Å². The number of hydrogen-bond donors (Lipinski definition) is 1. The topological polar surface area (TPSA) is 87.7 Å². The van der Waals surface area contributed by atoms with Crippen molar-refractivity contribution in [3.63, 3.8) is 0 Å². The Morgan fingerprint density at radius 3 is 2.43 bits per heavy atom. The zero-order chi connectivity index (χ0) is 16.8. The zero-order valence-electron chi connectivity index (χ0n) is 13.8. The van der Waals surface area contributed by atoms with E-state index in [4.69, 9.17) is 4.74 Å². The van der Waals surface area contributed by atoms with Crippen LogP contribution in [0.5, 0.6) is 0 Å². The molecule has 23 heavy (non-hydrogen) atoms. The number of ether oxygens (including phenoxy) is 1. The van der Waals surface area contributed by atoms with E-state index in [0.717, 1.165) is 0 Å². The fraction of sp³-hybridized carbons (Fsp3) is 0.600. The molecule has 0 spiro atoms. The molecular weight excluding hydrogens is 298 g/mol. The van der Waals surface area contributed by atoms with Gasteiger partial charge < -0.3 is 19.9 Å². The molecule has 1 N–H and O–H groups in total. The molecule has 1 aromatic rings. The Hall–Kier alpha value is -2.38. The number of amides is 2. The van der Waals surface area contributed by atoms with Gasteiger partial charge in [0.05, 0.1) is 6.61 Å². The first-order chi connectivity index (χ1) is 11.0. The molecule has 8 nitrogen and oxygen atoms in total. The predicted molar refractivity (Wildman–Crippen MR) is 85.4 cm³/mol. The number of carbonyl (C=O) groups excluding carboxylic acids is 2. The molecule has 1 aliphatic heterocycles. The lowest BCUT2D eigenvalue weighted by atomic mass is 10.3. The second kappa shape index (κ2) is 7.75. The molecule has 2 heterocycles. The average molecular weight is 321 g/mol. The lowest BCUT2D eigenvalue weighted by Crippen LogP contribution is -2.49. The number of rotatable bonds is 4. The second-order valence-electron chi connectivity index (χ2n) is 5.58. The molecule has 0 radical (unpaired) electrons. The van der Waals surface area contributed by atoms with Crippen molar-refractivity contribution in [2.45, 2.75) is 26.8 Å². The highest BCUT2D eigenvalue weighted by Crippen LogP contribution is 2.13. The number of anilines is 1. The highest BCUT2D eigenvalue weighted by atomic mass is 16.6. The molecule has 0 atom stereocenters. The van der Waals surface area contributed by atoms with E-state index in [0.29, 0.717) is 44.3 Å². The summed E-state index contributed by atoms with van der Waals surface area (Å²) in [6.07, 6.45) is -0.279. The molecule has 0 unspecified atom stereocenters. The summed E-state index contributed by atoms with van der Waals surface area (Å²) in [5.74, 6) is 0.473. The van der Waals surface area contributed by atoms with E-state index < -0.39 is 0 Å². The van der Waals surface area contributed by atoms with E-state index in [1.165, 1.54) is 0 Å². The van der Waals surface area contributed by atoms with E-state index in [9.17, 15) is 9.59 Å². The van der Waals surface area contributed by atoms with Gasteiger partial charge in [-0.25, -0.2) is 4.79 Å². The smallest absolute Gasteiger partial charge is 0.409 e. The first kappa shape index (κ1) is 17.0. The van der Waals surface area contributed by atoms with Crippen LogP contribution in [0.4, 0.5) is 10.6 Å². The van der Waals surface area contributed by atoms with Crippen LogP contribution < -0.4 is 10.2 Å². The van der Waals surface area contributed by atoms with Crippen LogP contribution in [0.3, 0.4) is 0 Å². The van der Waals surface area contributed by atoms with Crippen molar-refractivity contribution in [3.05, 3.63) is 17.8 Å². The molecule has 0 bridgehead atoms. The maximum absolute atomic E-state index is 11.8. The van der Waals surface area contributed by atoms with Crippen molar-refractivity contribution in [2.24, 2.45) is 0 Å². The van der Waals surface area contributed by atoms with Gasteiger partial charge in [0, 0.05) is 32.2 Å². The molecule has 2 amide bonds. The van der Waals surface area contributed by atoms with Gasteiger partial charge in [-0.05, 0) is 32.9 Å². The largest absolute Gasteiger partial charge is 0.450 e. The second-order valence-corrected chi connectivity index (χ2v) is 5.58. The van der Waals surface area contributed by atoms with Crippen LogP contribution in [0, 0.1) is 0 Å². The number of nitrogens with one attached hydrogen (secondary N) is 1. The Kier molecular flexibility index (Phi) is 5.72. The van der Waals surface area contributed by atoms with E-state index in [1.54, 1.807) is 24.0 Å². The van der Waals surface area contributed by atoms with Crippen LogP contribution in [0.15, 0.2) is 12.1 Å². The summed E-state index contributed by atoms with van der Waals surface area (Å²) in [6, 6.07) is 3.50. The molecule has 126 valence electrons. The predicted octanol–water partition coefficient (Wildman–Crippen LogP) is 0.893. The van der Waals surface area contributed by atoms with E-state index in [1.807, 2.05) is 18.7 Å². The molecule has 0 aromatic carbocycles. The first-order valence-corrected chi connectivity index (χ1v) is 7.82. The van der Waals surface area contributed by atoms with Crippen LogP contribution in [0.25, 0.3) is 0 Å². The number of aromatic nitrogens is 2. The first-order valence-electron chi connectivity index (χ1n) is 7.82. The van der Waals surface area contributed by atoms with E-state index in [2.05, 4.69) is 15.5 Å². The Morgan fingerprint density at radius 2 is 1.91 bits per heavy atom. The molecule has 0 aliphatic carbocycles. The van der Waals surface area contributed by atoms with Crippen molar-refractivity contribution >= 4 is 17.8 Å². The van der Waals surface area contributed by atoms with E-state index >= 15 is 0 Å². The third-order valence-corrected chi connectivity index (χ3v) is 3.43. The summed E-state index contributed by atoms with van der Waals surface area (Å²) in [6.45, 7) is 8.43. The SMILES string of the molecule is CCOC(=O)N1CCN(c2ccc(C(=O)NC(C)C)nn2)CC1. The van der Waals surface area contributed by atoms with Crippen molar-refractivity contribution in [3.8, 4) is 0 Å². The minimum Gasteiger partial charge on any atom is -0.450 e. The molecular formula is C15H23N5O3. The molecule has 2 rings (SSSR count). The third-order valence-electron chi connectivity index (χ3n) is 3.43. The number of nitrogens with zero attached hydrogens (tertiary/aromatic N) is 4.